The van der Waals surface area contributed by atoms with Crippen LogP contribution in [-0.4, -0.2) is 6.26 Å². The van der Waals surface area contributed by atoms with Crippen molar-refractivity contribution in [2.45, 2.75) is 0 Å². The zero-order valence-corrected chi connectivity index (χ0v) is 13.3. The first-order chi connectivity index (χ1) is 4.41. The van der Waals surface area contributed by atoms with Crippen LogP contribution in [0.5, 0.6) is 0 Å². The highest BCUT2D eigenvalue weighted by Gasteiger charge is 2.07. The number of hydrogen-bond acceptors (Lipinski definition) is 5. The summed E-state index contributed by atoms with van der Waals surface area (Å²) in [5.74, 6) is 0. The summed E-state index contributed by atoms with van der Waals surface area (Å²) in [6.07, 6.45) is 1.92. The highest BCUT2D eigenvalue weighted by Crippen LogP contribution is 2.20. The van der Waals surface area contributed by atoms with Crippen LogP contribution >= 0.6 is 32.0 Å². The van der Waals surface area contributed by atoms with Crippen LogP contribution in [0.15, 0.2) is 0 Å². The van der Waals surface area contributed by atoms with Gasteiger partial charge in [-0.25, -0.2) is 0 Å². The maximum Gasteiger partial charge on any atom is 0.0267 e. The van der Waals surface area contributed by atoms with Crippen molar-refractivity contribution in [2.75, 3.05) is 6.26 Å². The molecule has 0 aliphatic carbocycles. The maximum atomic E-state index is 5.15. The normalized spacial score (nSPS) is 18.2. The summed E-state index contributed by atoms with van der Waals surface area (Å²) in [5.41, 5.74) is -0.226. The summed E-state index contributed by atoms with van der Waals surface area (Å²) in [6, 6.07) is 0. The van der Waals surface area contributed by atoms with E-state index >= 15 is 0 Å². The van der Waals surface area contributed by atoms with Gasteiger partial charge in [-0.05, 0) is 51.0 Å². The molecule has 0 aromatic heterocycles. The monoisotopic (exact) mass is 398 g/mol. The first kappa shape index (κ1) is 13.0. The molecule has 0 fully saturated rings. The van der Waals surface area contributed by atoms with E-state index in [9.17, 15) is 0 Å². The van der Waals surface area contributed by atoms with Crippen LogP contribution in [0.2, 0.25) is 0 Å². The zero-order chi connectivity index (χ0) is 8.36. The smallest absolute Gasteiger partial charge is 0.0267 e. The molecule has 62 valence electrons. The Labute approximate surface area is 99.5 Å². The van der Waals surface area contributed by atoms with E-state index in [0.717, 1.165) is 0 Å². The van der Waals surface area contributed by atoms with E-state index in [4.69, 9.17) is 44.8 Å². The Kier molecular flexibility index (Phi) is 7.39. The first-order valence-corrected chi connectivity index (χ1v) is 14.8. The molecule has 0 aromatic rings. The fourth-order valence-electron chi connectivity index (χ4n) is 0.121. The molecule has 0 amide bonds. The van der Waals surface area contributed by atoms with Crippen molar-refractivity contribution < 1.29 is 0 Å². The topological polar surface area (TPSA) is 0 Å². The largest absolute Gasteiger partial charge is 0.0782 e. The van der Waals surface area contributed by atoms with Crippen molar-refractivity contribution in [1.29, 1.82) is 0 Å². The molecule has 0 aliphatic heterocycles. The molecule has 0 saturated carbocycles. The lowest BCUT2D eigenvalue weighted by Gasteiger charge is -2.05. The van der Waals surface area contributed by atoms with Gasteiger partial charge < -0.3 is 0 Å². The molecule has 0 N–H and O–H groups in total. The van der Waals surface area contributed by atoms with Gasteiger partial charge in [0.05, 0.1) is 0 Å². The van der Waals surface area contributed by atoms with Crippen molar-refractivity contribution in [3.05, 3.63) is 0 Å². The summed E-state index contributed by atoms with van der Waals surface area (Å²) in [6.45, 7) is 0. The fraction of sp³-hybridized carbons (Fsp3) is 1.00. The van der Waals surface area contributed by atoms with Crippen LogP contribution in [0.3, 0.4) is 0 Å². The van der Waals surface area contributed by atoms with Gasteiger partial charge in [0.2, 0.25) is 0 Å². The molecule has 0 spiro atoms. The van der Waals surface area contributed by atoms with Crippen molar-refractivity contribution in [3.63, 3.8) is 0 Å². The van der Waals surface area contributed by atoms with Crippen molar-refractivity contribution in [1.82, 2.24) is 0 Å². The van der Waals surface area contributed by atoms with Gasteiger partial charge in [-0.15, -0.1) is 0 Å². The second-order valence-electron chi connectivity index (χ2n) is 0.973. The number of hydrogen-bond donors (Lipinski definition) is 0. The molecule has 0 rings (SSSR count). The van der Waals surface area contributed by atoms with Crippen LogP contribution in [0.1, 0.15) is 0 Å². The minimum atomic E-state index is -1.47. The van der Waals surface area contributed by atoms with Gasteiger partial charge >= 0.3 is 0 Å². The molecule has 0 bridgehead atoms. The van der Waals surface area contributed by atoms with Gasteiger partial charge in [-0.1, -0.05) is 10.8 Å². The fourth-order valence-corrected chi connectivity index (χ4v) is 29.9. The lowest BCUT2D eigenvalue weighted by Crippen LogP contribution is -1.98. The van der Waals surface area contributed by atoms with Crippen molar-refractivity contribution >= 4 is 95.1 Å². The Morgan fingerprint density at radius 1 is 1.40 bits per heavy atom. The van der Waals surface area contributed by atoms with Crippen LogP contribution in [0.25, 0.3) is 0 Å². The quantitative estimate of drug-likeness (QED) is 0.402. The maximum absolute atomic E-state index is 5.15. The molecule has 0 nitrogen and oxygen atoms in total. The third-order valence-corrected chi connectivity index (χ3v) is 32.8. The number of halogens is 1. The van der Waals surface area contributed by atoms with Crippen LogP contribution in [0, 0.1) is 0 Å². The lowest BCUT2D eigenvalue weighted by atomic mass is 12.0. The minimum Gasteiger partial charge on any atom is -0.0782 e. The molecule has 0 saturated heterocycles. The minimum absolute atomic E-state index is 0.226. The Bertz CT molecular complexity index is 244. The Morgan fingerprint density at radius 2 is 1.80 bits per heavy atom. The lowest BCUT2D eigenvalue weighted by molar-refractivity contribution is 2.55. The second-order valence-corrected chi connectivity index (χ2v) is 27.5. The molecule has 0 radical (unpaired) electrons. The van der Waals surface area contributed by atoms with E-state index in [1.807, 2.05) is 6.26 Å². The summed E-state index contributed by atoms with van der Waals surface area (Å²) in [7, 11) is 1.18. The molecule has 2 unspecified atom stereocenters. The van der Waals surface area contributed by atoms with E-state index in [2.05, 4.69) is 21.2 Å². The van der Waals surface area contributed by atoms with Crippen molar-refractivity contribution in [2.24, 2.45) is 0 Å². The summed E-state index contributed by atoms with van der Waals surface area (Å²) in [4.78, 5) is 0. The van der Waals surface area contributed by atoms with E-state index in [1.165, 1.54) is 10.8 Å². The molecule has 10 heavy (non-hydrogen) atoms. The van der Waals surface area contributed by atoms with E-state index in [0.29, 0.717) is 0 Å². The van der Waals surface area contributed by atoms with E-state index in [-0.39, 0.29) is 13.2 Å². The molecule has 2 atom stereocenters. The Balaban J connectivity index is 4.70. The highest BCUT2D eigenvalue weighted by molar-refractivity contribution is 14.2. The molecule has 9 heteroatoms. The van der Waals surface area contributed by atoms with E-state index < -0.39 is 5.21 Å². The average Bonchev–Trinajstić information content (AvgIpc) is 1.86. The second kappa shape index (κ2) is 5.68. The van der Waals surface area contributed by atoms with Gasteiger partial charge in [-0.3, -0.25) is 0 Å². The standard InChI is InChI=1S/CH3IS8/c1-7-10(5,6)9(4)8(2)3/h1H3. The number of rotatable bonds is 3. The Hall–Kier alpha value is 3.01. The van der Waals surface area contributed by atoms with Gasteiger partial charge in [0, 0.05) is 39.6 Å². The molecule has 0 aliphatic rings. The molecular weight excluding hydrogens is 395 g/mol. The molecular formula is CH3IS8. The first-order valence-electron chi connectivity index (χ1n) is 1.73. The summed E-state index contributed by atoms with van der Waals surface area (Å²) in [5, 5.41) is -1.47. The van der Waals surface area contributed by atoms with Gasteiger partial charge in [0.25, 0.3) is 0 Å². The summed E-state index contributed by atoms with van der Waals surface area (Å²) >= 11 is 22.6. The summed E-state index contributed by atoms with van der Waals surface area (Å²) < 4.78 is 0. The molecule has 0 aromatic carbocycles. The zero-order valence-electron chi connectivity index (χ0n) is 4.64. The van der Waals surface area contributed by atoms with Gasteiger partial charge in [0.1, 0.15) is 0 Å². The van der Waals surface area contributed by atoms with Gasteiger partial charge in [0.15, 0.2) is 0 Å². The third-order valence-electron chi connectivity index (χ3n) is 0.478. The third kappa shape index (κ3) is 4.30. The van der Waals surface area contributed by atoms with Gasteiger partial charge in [-0.2, -0.15) is 0 Å². The SMILES string of the molecule is CSS(=S)(=S)S(=S)S(=S)I. The van der Waals surface area contributed by atoms with Crippen molar-refractivity contribution in [3.8, 4) is 0 Å². The predicted octanol–water partition coefficient (Wildman–Crippen LogP) is 1.68. The Morgan fingerprint density at radius 3 is 1.90 bits per heavy atom. The highest BCUT2D eigenvalue weighted by atomic mass is 127. The average molecular weight is 398 g/mol. The van der Waals surface area contributed by atoms with Crippen LogP contribution in [-0.2, 0) is 63.1 Å². The van der Waals surface area contributed by atoms with Crippen LogP contribution in [0.4, 0.5) is 0 Å². The van der Waals surface area contributed by atoms with E-state index in [1.54, 1.807) is 0 Å². The predicted molar refractivity (Wildman–Crippen MR) is 79.1 cm³/mol. The van der Waals surface area contributed by atoms with Crippen LogP contribution < -0.4 is 0 Å². The molecule has 0 heterocycles.